The van der Waals surface area contributed by atoms with Gasteiger partial charge in [0.25, 0.3) is 10.0 Å². The van der Waals surface area contributed by atoms with E-state index in [9.17, 15) is 8.42 Å². The van der Waals surface area contributed by atoms with Crippen molar-refractivity contribution in [1.82, 2.24) is 9.97 Å². The quantitative estimate of drug-likeness (QED) is 0.738. The summed E-state index contributed by atoms with van der Waals surface area (Å²) in [6, 6.07) is 11.2. The first-order valence-electron chi connectivity index (χ1n) is 6.44. The lowest BCUT2D eigenvalue weighted by atomic mass is 10.2. The molecule has 0 aliphatic carbocycles. The zero-order valence-electron chi connectivity index (χ0n) is 11.6. The third-order valence-electron chi connectivity index (χ3n) is 3.29. The molecular formula is C15H12ClN3O2S. The topological polar surface area (TPSA) is 63.2 Å². The van der Waals surface area contributed by atoms with Gasteiger partial charge in [0, 0.05) is 24.5 Å². The van der Waals surface area contributed by atoms with E-state index in [4.69, 9.17) is 11.6 Å². The van der Waals surface area contributed by atoms with Crippen LogP contribution in [0.1, 0.15) is 0 Å². The molecule has 7 heteroatoms. The number of rotatable bonds is 3. The Morgan fingerprint density at radius 3 is 2.27 bits per heavy atom. The van der Waals surface area contributed by atoms with Crippen LogP contribution in [-0.2, 0) is 10.0 Å². The Kier molecular flexibility index (Phi) is 3.72. The van der Waals surface area contributed by atoms with Crippen LogP contribution in [0.4, 0.5) is 5.69 Å². The summed E-state index contributed by atoms with van der Waals surface area (Å²) in [7, 11) is -2.15. The van der Waals surface area contributed by atoms with Gasteiger partial charge in [-0.3, -0.25) is 14.3 Å². The van der Waals surface area contributed by atoms with Gasteiger partial charge in [0.2, 0.25) is 0 Å². The molecule has 0 radical (unpaired) electrons. The molecule has 1 heterocycles. The van der Waals surface area contributed by atoms with Crippen molar-refractivity contribution in [3.8, 4) is 0 Å². The maximum Gasteiger partial charge on any atom is 0.264 e. The summed E-state index contributed by atoms with van der Waals surface area (Å²) in [5, 5.41) is 0.489. The average Bonchev–Trinajstić information content (AvgIpc) is 2.54. The van der Waals surface area contributed by atoms with Crippen molar-refractivity contribution in [3.05, 3.63) is 59.9 Å². The van der Waals surface area contributed by atoms with E-state index in [1.165, 1.54) is 23.5 Å². The molecule has 3 rings (SSSR count). The van der Waals surface area contributed by atoms with Crippen molar-refractivity contribution in [2.45, 2.75) is 4.90 Å². The van der Waals surface area contributed by atoms with Gasteiger partial charge in [-0.25, -0.2) is 8.42 Å². The summed E-state index contributed by atoms with van der Waals surface area (Å²) >= 11 is 5.80. The first kappa shape index (κ1) is 14.7. The maximum atomic E-state index is 12.6. The van der Waals surface area contributed by atoms with E-state index in [2.05, 4.69) is 9.97 Å². The molecule has 1 aromatic heterocycles. The molecule has 0 atom stereocenters. The standard InChI is InChI=1S/C15H12ClN3O2S/c1-19(22(20,21)13-5-2-11(16)3-6-13)12-4-7-14-15(10-12)18-9-8-17-14/h2-10H,1H3. The van der Waals surface area contributed by atoms with Gasteiger partial charge in [0.15, 0.2) is 0 Å². The molecule has 2 aromatic carbocycles. The SMILES string of the molecule is CN(c1ccc2nccnc2c1)S(=O)(=O)c1ccc(Cl)cc1. The Labute approximate surface area is 133 Å². The molecule has 0 aliphatic heterocycles. The van der Waals surface area contributed by atoms with Crippen molar-refractivity contribution in [2.24, 2.45) is 0 Å². The monoisotopic (exact) mass is 333 g/mol. The van der Waals surface area contributed by atoms with Gasteiger partial charge in [-0.15, -0.1) is 0 Å². The molecule has 0 saturated heterocycles. The van der Waals surface area contributed by atoms with Crippen LogP contribution < -0.4 is 4.31 Å². The van der Waals surface area contributed by atoms with Crippen LogP contribution in [0.15, 0.2) is 59.8 Å². The number of nitrogens with zero attached hydrogens (tertiary/aromatic N) is 3. The number of halogens is 1. The van der Waals surface area contributed by atoms with Crippen molar-refractivity contribution in [1.29, 1.82) is 0 Å². The summed E-state index contributed by atoms with van der Waals surface area (Å²) in [5.74, 6) is 0. The molecule has 112 valence electrons. The summed E-state index contributed by atoms with van der Waals surface area (Å²) in [6.45, 7) is 0. The highest BCUT2D eigenvalue weighted by Gasteiger charge is 2.21. The highest BCUT2D eigenvalue weighted by atomic mass is 35.5. The maximum absolute atomic E-state index is 12.6. The number of aromatic nitrogens is 2. The predicted octanol–water partition coefficient (Wildman–Crippen LogP) is 3.11. The second-order valence-electron chi connectivity index (χ2n) is 4.66. The fourth-order valence-electron chi connectivity index (χ4n) is 2.05. The fraction of sp³-hybridized carbons (Fsp3) is 0.0667. The Bertz CT molecular complexity index is 927. The number of sulfonamides is 1. The minimum Gasteiger partial charge on any atom is -0.269 e. The molecule has 0 N–H and O–H groups in total. The van der Waals surface area contributed by atoms with Crippen LogP contribution in [-0.4, -0.2) is 25.4 Å². The van der Waals surface area contributed by atoms with Crippen LogP contribution in [0, 0.1) is 0 Å². The molecule has 0 saturated carbocycles. The molecule has 0 spiro atoms. The van der Waals surface area contributed by atoms with Gasteiger partial charge in [0.05, 0.1) is 21.6 Å². The lowest BCUT2D eigenvalue weighted by Crippen LogP contribution is -2.26. The van der Waals surface area contributed by atoms with Crippen LogP contribution in [0.25, 0.3) is 11.0 Å². The third kappa shape index (κ3) is 2.63. The summed E-state index contributed by atoms with van der Waals surface area (Å²) < 4.78 is 26.5. The van der Waals surface area contributed by atoms with E-state index in [1.807, 2.05) is 0 Å². The Morgan fingerprint density at radius 2 is 1.59 bits per heavy atom. The largest absolute Gasteiger partial charge is 0.269 e. The Balaban J connectivity index is 2.03. The number of anilines is 1. The van der Waals surface area contributed by atoms with Crippen molar-refractivity contribution in [2.75, 3.05) is 11.4 Å². The van der Waals surface area contributed by atoms with Gasteiger partial charge < -0.3 is 0 Å². The van der Waals surface area contributed by atoms with Crippen molar-refractivity contribution >= 4 is 38.3 Å². The molecule has 5 nitrogen and oxygen atoms in total. The lowest BCUT2D eigenvalue weighted by Gasteiger charge is -2.19. The molecule has 0 amide bonds. The first-order valence-corrected chi connectivity index (χ1v) is 8.25. The van der Waals surface area contributed by atoms with E-state index in [1.54, 1.807) is 42.7 Å². The Morgan fingerprint density at radius 1 is 0.955 bits per heavy atom. The number of hydrogen-bond donors (Lipinski definition) is 0. The average molecular weight is 334 g/mol. The van der Waals surface area contributed by atoms with Gasteiger partial charge in [-0.2, -0.15) is 0 Å². The molecular weight excluding hydrogens is 322 g/mol. The highest BCUT2D eigenvalue weighted by molar-refractivity contribution is 7.92. The third-order valence-corrected chi connectivity index (χ3v) is 5.34. The molecule has 0 fully saturated rings. The lowest BCUT2D eigenvalue weighted by molar-refractivity contribution is 0.594. The van der Waals surface area contributed by atoms with Crippen molar-refractivity contribution in [3.63, 3.8) is 0 Å². The molecule has 3 aromatic rings. The van der Waals surface area contributed by atoms with E-state index in [-0.39, 0.29) is 4.90 Å². The number of hydrogen-bond acceptors (Lipinski definition) is 4. The second-order valence-corrected chi connectivity index (χ2v) is 7.06. The molecule has 0 unspecified atom stereocenters. The summed E-state index contributed by atoms with van der Waals surface area (Å²) in [4.78, 5) is 8.54. The van der Waals surface area contributed by atoms with Gasteiger partial charge in [-0.1, -0.05) is 11.6 Å². The zero-order chi connectivity index (χ0) is 15.7. The van der Waals surface area contributed by atoms with E-state index < -0.39 is 10.0 Å². The van der Waals surface area contributed by atoms with Crippen molar-refractivity contribution < 1.29 is 8.42 Å². The first-order chi connectivity index (χ1) is 10.5. The predicted molar refractivity (Wildman–Crippen MR) is 86.6 cm³/mol. The highest BCUT2D eigenvalue weighted by Crippen LogP contribution is 2.25. The normalized spacial score (nSPS) is 11.5. The molecule has 22 heavy (non-hydrogen) atoms. The second kappa shape index (κ2) is 5.55. The fourth-order valence-corrected chi connectivity index (χ4v) is 3.36. The molecule has 0 aliphatic rings. The van der Waals surface area contributed by atoms with Crippen LogP contribution in [0.3, 0.4) is 0 Å². The summed E-state index contributed by atoms with van der Waals surface area (Å²) in [6.07, 6.45) is 3.16. The van der Waals surface area contributed by atoms with E-state index in [0.29, 0.717) is 21.7 Å². The van der Waals surface area contributed by atoms with Gasteiger partial charge in [-0.05, 0) is 42.5 Å². The van der Waals surface area contributed by atoms with Crippen LogP contribution >= 0.6 is 11.6 Å². The zero-order valence-corrected chi connectivity index (χ0v) is 13.2. The van der Waals surface area contributed by atoms with E-state index in [0.717, 1.165) is 0 Å². The smallest absolute Gasteiger partial charge is 0.264 e. The number of fused-ring (bicyclic) bond motifs is 1. The minimum absolute atomic E-state index is 0.179. The van der Waals surface area contributed by atoms with Crippen LogP contribution in [0.2, 0.25) is 5.02 Å². The Hall–Kier alpha value is -2.18. The van der Waals surface area contributed by atoms with Gasteiger partial charge >= 0.3 is 0 Å². The number of benzene rings is 2. The van der Waals surface area contributed by atoms with Crippen LogP contribution in [0.5, 0.6) is 0 Å². The molecule has 0 bridgehead atoms. The van der Waals surface area contributed by atoms with Gasteiger partial charge in [0.1, 0.15) is 0 Å². The summed E-state index contributed by atoms with van der Waals surface area (Å²) in [5.41, 5.74) is 1.87. The minimum atomic E-state index is -3.65. The van der Waals surface area contributed by atoms with E-state index >= 15 is 0 Å².